The van der Waals surface area contributed by atoms with Gasteiger partial charge in [0.25, 0.3) is 0 Å². The van der Waals surface area contributed by atoms with Gasteiger partial charge >= 0.3 is 0 Å². The molecule has 6 heteroatoms. The smallest absolute Gasteiger partial charge is 0.120 e. The molecule has 0 saturated carbocycles. The molecule has 4 nitrogen and oxygen atoms in total. The van der Waals surface area contributed by atoms with Crippen LogP contribution in [0.4, 0.5) is 0 Å². The molecule has 0 fully saturated rings. The number of nitrogens with one attached hydrogen (secondary N) is 2. The number of aliphatic hydroxyl groups is 1. The Morgan fingerprint density at radius 2 is 1.71 bits per heavy atom. The molecule has 0 aliphatic heterocycles. The summed E-state index contributed by atoms with van der Waals surface area (Å²) in [6.07, 6.45) is 0. The molecule has 0 amide bonds. The van der Waals surface area contributed by atoms with Crippen LogP contribution in [0.1, 0.15) is 11.1 Å². The van der Waals surface area contributed by atoms with Gasteiger partial charge in [-0.1, -0.05) is 41.4 Å². The van der Waals surface area contributed by atoms with Crippen molar-refractivity contribution in [3.63, 3.8) is 0 Å². The predicted octanol–water partition coefficient (Wildman–Crippen LogP) is 3.24. The van der Waals surface area contributed by atoms with Gasteiger partial charge in [-0.3, -0.25) is 0 Å². The third-order valence-electron chi connectivity index (χ3n) is 3.38. The molecule has 0 aliphatic rings. The second-order valence-corrected chi connectivity index (χ2v) is 6.15. The Morgan fingerprint density at radius 3 is 2.50 bits per heavy atom. The molecule has 0 bridgehead atoms. The number of hydrogen-bond acceptors (Lipinski definition) is 4. The summed E-state index contributed by atoms with van der Waals surface area (Å²) < 4.78 is 5.82. The summed E-state index contributed by atoms with van der Waals surface area (Å²) in [6, 6.07) is 13.5. The maximum absolute atomic E-state index is 8.68. The van der Waals surface area contributed by atoms with Gasteiger partial charge in [0.1, 0.15) is 12.4 Å². The van der Waals surface area contributed by atoms with Gasteiger partial charge in [0.2, 0.25) is 0 Å². The van der Waals surface area contributed by atoms with E-state index in [9.17, 15) is 0 Å². The van der Waals surface area contributed by atoms with Crippen molar-refractivity contribution in [2.75, 3.05) is 26.2 Å². The molecule has 2 aromatic carbocycles. The molecule has 3 N–H and O–H groups in total. The van der Waals surface area contributed by atoms with E-state index in [-0.39, 0.29) is 6.61 Å². The summed E-state index contributed by atoms with van der Waals surface area (Å²) in [5.41, 5.74) is 2.13. The van der Waals surface area contributed by atoms with Crippen molar-refractivity contribution in [1.82, 2.24) is 10.6 Å². The Kier molecular flexibility index (Phi) is 8.36. The Morgan fingerprint density at radius 1 is 0.875 bits per heavy atom. The molecule has 0 radical (unpaired) electrons. The fourth-order valence-electron chi connectivity index (χ4n) is 2.15. The van der Waals surface area contributed by atoms with Gasteiger partial charge in [-0.15, -0.1) is 0 Å². The number of ether oxygens (including phenoxy) is 1. The van der Waals surface area contributed by atoms with Crippen LogP contribution in [-0.4, -0.2) is 31.3 Å². The van der Waals surface area contributed by atoms with Crippen LogP contribution in [-0.2, 0) is 13.2 Å². The first-order valence-corrected chi connectivity index (χ1v) is 8.62. The summed E-state index contributed by atoms with van der Waals surface area (Å²) in [7, 11) is 0. The van der Waals surface area contributed by atoms with Crippen LogP contribution < -0.4 is 15.4 Å². The minimum absolute atomic E-state index is 0.165. The molecular formula is C18H22Cl2N2O2. The summed E-state index contributed by atoms with van der Waals surface area (Å²) in [4.78, 5) is 0. The summed E-state index contributed by atoms with van der Waals surface area (Å²) in [5.74, 6) is 0.818. The topological polar surface area (TPSA) is 53.5 Å². The van der Waals surface area contributed by atoms with Crippen molar-refractivity contribution in [1.29, 1.82) is 0 Å². The minimum atomic E-state index is 0.165. The standard InChI is InChI=1S/C18H22Cl2N2O2/c19-17-5-4-15(11-18(17)20)13-24-16-3-1-2-14(10-16)12-22-7-6-21-8-9-23/h1-5,10-11,21-23H,6-9,12-13H2. The average molecular weight is 369 g/mol. The van der Waals surface area contributed by atoms with Gasteiger partial charge in [-0.2, -0.15) is 0 Å². The van der Waals surface area contributed by atoms with Crippen LogP contribution in [0.2, 0.25) is 10.0 Å². The predicted molar refractivity (Wildman–Crippen MR) is 98.9 cm³/mol. The van der Waals surface area contributed by atoms with Crippen LogP contribution in [0, 0.1) is 0 Å². The fraction of sp³-hybridized carbons (Fsp3) is 0.333. The van der Waals surface area contributed by atoms with Gasteiger partial charge in [-0.05, 0) is 35.4 Å². The zero-order valence-electron chi connectivity index (χ0n) is 13.4. The summed E-state index contributed by atoms with van der Waals surface area (Å²) >= 11 is 11.9. The fourth-order valence-corrected chi connectivity index (χ4v) is 2.48. The maximum atomic E-state index is 8.68. The van der Waals surface area contributed by atoms with Crippen LogP contribution in [0.15, 0.2) is 42.5 Å². The molecule has 0 saturated heterocycles. The SMILES string of the molecule is OCCNCCNCc1cccc(OCc2ccc(Cl)c(Cl)c2)c1. The first kappa shape index (κ1) is 19.0. The van der Waals surface area contributed by atoms with Gasteiger partial charge in [0.15, 0.2) is 0 Å². The highest BCUT2D eigenvalue weighted by molar-refractivity contribution is 6.42. The third kappa shape index (κ3) is 6.67. The average Bonchev–Trinajstić information content (AvgIpc) is 2.59. The Balaban J connectivity index is 1.78. The number of rotatable bonds is 10. The lowest BCUT2D eigenvalue weighted by atomic mass is 10.2. The molecule has 0 heterocycles. The van der Waals surface area contributed by atoms with E-state index in [1.807, 2.05) is 30.3 Å². The maximum Gasteiger partial charge on any atom is 0.120 e. The van der Waals surface area contributed by atoms with Crippen molar-refractivity contribution >= 4 is 23.2 Å². The lowest BCUT2D eigenvalue weighted by Gasteiger charge is -2.10. The van der Waals surface area contributed by atoms with E-state index in [4.69, 9.17) is 33.0 Å². The Bertz CT molecular complexity index is 638. The first-order valence-electron chi connectivity index (χ1n) is 7.87. The lowest BCUT2D eigenvalue weighted by Crippen LogP contribution is -2.28. The van der Waals surface area contributed by atoms with Crippen LogP contribution in [0.3, 0.4) is 0 Å². The van der Waals surface area contributed by atoms with Crippen molar-refractivity contribution in [2.45, 2.75) is 13.2 Å². The van der Waals surface area contributed by atoms with Gasteiger partial charge in [-0.25, -0.2) is 0 Å². The second kappa shape index (κ2) is 10.5. The van der Waals surface area contributed by atoms with Crippen LogP contribution in [0.25, 0.3) is 0 Å². The highest BCUT2D eigenvalue weighted by atomic mass is 35.5. The minimum Gasteiger partial charge on any atom is -0.489 e. The molecule has 0 unspecified atom stereocenters. The van der Waals surface area contributed by atoms with Gasteiger partial charge in [0, 0.05) is 26.2 Å². The van der Waals surface area contributed by atoms with E-state index < -0.39 is 0 Å². The van der Waals surface area contributed by atoms with E-state index in [0.29, 0.717) is 23.2 Å². The first-order chi connectivity index (χ1) is 11.7. The number of aliphatic hydroxyl groups excluding tert-OH is 1. The third-order valence-corrected chi connectivity index (χ3v) is 4.12. The molecule has 0 atom stereocenters. The largest absolute Gasteiger partial charge is 0.489 e. The molecular weight excluding hydrogens is 347 g/mol. The number of halogens is 2. The van der Waals surface area contributed by atoms with Crippen molar-refractivity contribution in [3.8, 4) is 5.75 Å². The molecule has 24 heavy (non-hydrogen) atoms. The Hall–Kier alpha value is -1.30. The van der Waals surface area contributed by atoms with E-state index in [0.717, 1.165) is 36.5 Å². The molecule has 0 spiro atoms. The monoisotopic (exact) mass is 368 g/mol. The highest BCUT2D eigenvalue weighted by Gasteiger charge is 2.02. The van der Waals surface area contributed by atoms with E-state index in [1.54, 1.807) is 6.07 Å². The number of benzene rings is 2. The molecule has 0 aromatic heterocycles. The Labute approximate surface area is 152 Å². The lowest BCUT2D eigenvalue weighted by molar-refractivity contribution is 0.292. The zero-order chi connectivity index (χ0) is 17.2. The quantitative estimate of drug-likeness (QED) is 0.563. The summed E-state index contributed by atoms with van der Waals surface area (Å²) in [5, 5.41) is 16.2. The number of hydrogen-bond donors (Lipinski definition) is 3. The highest BCUT2D eigenvalue weighted by Crippen LogP contribution is 2.23. The summed E-state index contributed by atoms with van der Waals surface area (Å²) in [6.45, 7) is 3.67. The van der Waals surface area contributed by atoms with Gasteiger partial charge < -0.3 is 20.5 Å². The van der Waals surface area contributed by atoms with Crippen LogP contribution >= 0.6 is 23.2 Å². The molecule has 0 aliphatic carbocycles. The van der Waals surface area contributed by atoms with Crippen LogP contribution in [0.5, 0.6) is 5.75 Å². The van der Waals surface area contributed by atoms with Crippen molar-refractivity contribution in [2.24, 2.45) is 0 Å². The van der Waals surface area contributed by atoms with Crippen molar-refractivity contribution < 1.29 is 9.84 Å². The normalized spacial score (nSPS) is 10.8. The zero-order valence-corrected chi connectivity index (χ0v) is 14.9. The van der Waals surface area contributed by atoms with E-state index in [1.165, 1.54) is 0 Å². The molecule has 2 aromatic rings. The van der Waals surface area contributed by atoms with E-state index >= 15 is 0 Å². The van der Waals surface area contributed by atoms with E-state index in [2.05, 4.69) is 16.7 Å². The second-order valence-electron chi connectivity index (χ2n) is 5.33. The van der Waals surface area contributed by atoms with Crippen molar-refractivity contribution in [3.05, 3.63) is 63.6 Å². The molecule has 130 valence electrons. The molecule has 2 rings (SSSR count). The van der Waals surface area contributed by atoms with Gasteiger partial charge in [0.05, 0.1) is 16.7 Å².